The summed E-state index contributed by atoms with van der Waals surface area (Å²) in [5.41, 5.74) is 0.995. The van der Waals surface area contributed by atoms with E-state index in [2.05, 4.69) is 16.9 Å². The average molecular weight is 80.1 g/mol. The molecule has 0 unspecified atom stereocenters. The van der Waals surface area contributed by atoms with E-state index >= 15 is 0 Å². The van der Waals surface area contributed by atoms with Gasteiger partial charge in [-0.25, -0.2) is 0 Å². The molecule has 0 atom stereocenters. The molecule has 1 heterocycles. The van der Waals surface area contributed by atoms with E-state index in [1.165, 1.54) is 0 Å². The second kappa shape index (κ2) is 1.17. The summed E-state index contributed by atoms with van der Waals surface area (Å²) >= 11 is 0. The molecule has 2 radical (unpaired) electrons. The number of furan rings is 1. The molecule has 1 rings (SSSR count). The van der Waals surface area contributed by atoms with Gasteiger partial charge in [0.15, 0.2) is 12.5 Å². The van der Waals surface area contributed by atoms with Crippen LogP contribution >= 0.6 is 0 Å². The first-order valence-electron chi connectivity index (χ1n) is 1.74. The van der Waals surface area contributed by atoms with Crippen LogP contribution in [0.25, 0.3) is 0 Å². The van der Waals surface area contributed by atoms with E-state index in [4.69, 9.17) is 0 Å². The van der Waals surface area contributed by atoms with Gasteiger partial charge in [0.25, 0.3) is 0 Å². The normalized spacial score (nSPS) is 8.83. The molecule has 0 bridgehead atoms. The molecule has 1 nitrogen and oxygen atoms in total. The lowest BCUT2D eigenvalue weighted by Crippen LogP contribution is -1.49. The predicted molar refractivity (Wildman–Crippen MR) is 21.1 cm³/mol. The van der Waals surface area contributed by atoms with E-state index in [0.717, 1.165) is 5.56 Å². The van der Waals surface area contributed by atoms with Gasteiger partial charge in [-0.1, -0.05) is 0 Å². The Hall–Kier alpha value is -0.720. The first-order valence-corrected chi connectivity index (χ1v) is 1.74. The Balaban J connectivity index is 3.05. The van der Waals surface area contributed by atoms with Crippen molar-refractivity contribution in [2.24, 2.45) is 0 Å². The van der Waals surface area contributed by atoms with Crippen LogP contribution in [-0.2, 0) is 0 Å². The molecule has 0 aromatic carbocycles. The van der Waals surface area contributed by atoms with Crippen molar-refractivity contribution in [1.29, 1.82) is 0 Å². The van der Waals surface area contributed by atoms with E-state index in [-0.39, 0.29) is 0 Å². The Morgan fingerprint density at radius 3 is 2.83 bits per heavy atom. The van der Waals surface area contributed by atoms with Crippen molar-refractivity contribution in [2.75, 3.05) is 0 Å². The average Bonchev–Trinajstić information content (AvgIpc) is 1.86. The lowest BCUT2D eigenvalue weighted by atomic mass is 10.4. The van der Waals surface area contributed by atoms with Crippen molar-refractivity contribution in [1.82, 2.24) is 0 Å². The monoisotopic (exact) mass is 80.0 g/mol. The van der Waals surface area contributed by atoms with Crippen molar-refractivity contribution >= 4 is 0 Å². The maximum atomic E-state index is 4.46. The van der Waals surface area contributed by atoms with Crippen LogP contribution in [0.5, 0.6) is 0 Å². The summed E-state index contributed by atoms with van der Waals surface area (Å²) in [6.07, 6.45) is 5.07. The Morgan fingerprint density at radius 2 is 2.67 bits per heavy atom. The first kappa shape index (κ1) is 3.47. The molecule has 0 spiro atoms. The van der Waals surface area contributed by atoms with Gasteiger partial charge in [-0.05, 0) is 18.6 Å². The van der Waals surface area contributed by atoms with Crippen LogP contribution in [0.4, 0.5) is 0 Å². The van der Waals surface area contributed by atoms with Crippen LogP contribution in [0.3, 0.4) is 0 Å². The Morgan fingerprint density at radius 1 is 1.83 bits per heavy atom. The van der Waals surface area contributed by atoms with Gasteiger partial charge >= 0.3 is 0 Å². The molecule has 0 aliphatic carbocycles. The highest BCUT2D eigenvalue weighted by atomic mass is 16.3. The van der Waals surface area contributed by atoms with Crippen molar-refractivity contribution in [3.05, 3.63) is 24.2 Å². The number of hydrogen-bond donors (Lipinski definition) is 0. The van der Waals surface area contributed by atoms with E-state index in [1.807, 2.05) is 6.92 Å². The lowest BCUT2D eigenvalue weighted by molar-refractivity contribution is 0.547. The van der Waals surface area contributed by atoms with E-state index in [9.17, 15) is 0 Å². The van der Waals surface area contributed by atoms with Crippen molar-refractivity contribution in [2.45, 2.75) is 6.92 Å². The van der Waals surface area contributed by atoms with Gasteiger partial charge in [-0.15, -0.1) is 0 Å². The first-order chi connectivity index (χ1) is 2.89. The smallest absolute Gasteiger partial charge is 0.173 e. The molecule has 0 fully saturated rings. The Labute approximate surface area is 36.6 Å². The highest BCUT2D eigenvalue weighted by Crippen LogP contribution is 1.91. The third-order valence-corrected chi connectivity index (χ3v) is 0.546. The molecule has 1 aromatic rings. The summed E-state index contributed by atoms with van der Waals surface area (Å²) < 4.78 is 4.46. The van der Waals surface area contributed by atoms with Crippen molar-refractivity contribution in [3.8, 4) is 0 Å². The zero-order chi connectivity index (χ0) is 4.41. The fourth-order valence-electron chi connectivity index (χ4n) is 0.257. The van der Waals surface area contributed by atoms with Crippen LogP contribution in [0.2, 0.25) is 0 Å². The van der Waals surface area contributed by atoms with E-state index in [0.29, 0.717) is 0 Å². The van der Waals surface area contributed by atoms with Gasteiger partial charge in [0.05, 0.1) is 0 Å². The van der Waals surface area contributed by atoms with Crippen molar-refractivity contribution < 1.29 is 4.42 Å². The fraction of sp³-hybridized carbons (Fsp3) is 0.200. The molecule has 6 heavy (non-hydrogen) atoms. The molecule has 0 aliphatic rings. The molecule has 1 heteroatoms. The highest BCUT2D eigenvalue weighted by Gasteiger charge is 1.79. The van der Waals surface area contributed by atoms with Crippen LogP contribution in [0, 0.1) is 19.5 Å². The van der Waals surface area contributed by atoms with Crippen LogP contribution in [0.15, 0.2) is 10.5 Å². The van der Waals surface area contributed by atoms with E-state index < -0.39 is 0 Å². The standard InChI is InChI=1S/C5H4O/c1-5-2-3-6-4-5/h2H,1H3. The number of rotatable bonds is 0. The lowest BCUT2D eigenvalue weighted by Gasteiger charge is -1.61. The third-order valence-electron chi connectivity index (χ3n) is 0.546. The second-order valence-electron chi connectivity index (χ2n) is 1.15. The third kappa shape index (κ3) is 0.432. The topological polar surface area (TPSA) is 13.1 Å². The summed E-state index contributed by atoms with van der Waals surface area (Å²) in [5.74, 6) is 0. The van der Waals surface area contributed by atoms with Gasteiger partial charge in [0.2, 0.25) is 0 Å². The van der Waals surface area contributed by atoms with Gasteiger partial charge in [-0.2, -0.15) is 0 Å². The summed E-state index contributed by atoms with van der Waals surface area (Å²) in [7, 11) is 0. The summed E-state index contributed by atoms with van der Waals surface area (Å²) in [5, 5.41) is 0. The summed E-state index contributed by atoms with van der Waals surface area (Å²) in [6, 6.07) is 1.74. The molecule has 0 N–H and O–H groups in total. The zero-order valence-electron chi connectivity index (χ0n) is 3.49. The summed E-state index contributed by atoms with van der Waals surface area (Å²) in [4.78, 5) is 0. The van der Waals surface area contributed by atoms with Crippen LogP contribution in [0.1, 0.15) is 5.56 Å². The summed E-state index contributed by atoms with van der Waals surface area (Å²) in [6.45, 7) is 1.90. The number of aryl methyl sites for hydroxylation is 1. The van der Waals surface area contributed by atoms with Gasteiger partial charge < -0.3 is 4.42 Å². The molecule has 30 valence electrons. The molecule has 1 aromatic heterocycles. The van der Waals surface area contributed by atoms with Gasteiger partial charge in [0.1, 0.15) is 0 Å². The van der Waals surface area contributed by atoms with Gasteiger partial charge in [0, 0.05) is 0 Å². The van der Waals surface area contributed by atoms with Crippen LogP contribution < -0.4 is 0 Å². The van der Waals surface area contributed by atoms with Crippen molar-refractivity contribution in [3.63, 3.8) is 0 Å². The quantitative estimate of drug-likeness (QED) is 0.456. The minimum Gasteiger partial charge on any atom is -0.449 e. The highest BCUT2D eigenvalue weighted by molar-refractivity contribution is 4.97. The Bertz CT molecular complexity index is 107. The largest absolute Gasteiger partial charge is 0.449 e. The fourth-order valence-corrected chi connectivity index (χ4v) is 0.257. The number of hydrogen-bond acceptors (Lipinski definition) is 1. The predicted octanol–water partition coefficient (Wildman–Crippen LogP) is 1.19. The maximum Gasteiger partial charge on any atom is 0.173 e. The molecule has 0 saturated heterocycles. The molecule has 0 amide bonds. The van der Waals surface area contributed by atoms with Gasteiger partial charge in [-0.3, -0.25) is 0 Å². The minimum absolute atomic E-state index is 0.995. The molecule has 0 saturated carbocycles. The maximum absolute atomic E-state index is 4.46. The SMILES string of the molecule is Cc1[c]o[c]c1. The molecule has 0 aliphatic heterocycles. The molecular weight excluding hydrogens is 76.1 g/mol. The van der Waals surface area contributed by atoms with E-state index in [1.54, 1.807) is 6.07 Å². The molecular formula is C5H4O. The second-order valence-corrected chi connectivity index (χ2v) is 1.15. The van der Waals surface area contributed by atoms with Crippen LogP contribution in [-0.4, -0.2) is 0 Å². The minimum atomic E-state index is 0.995. The zero-order valence-corrected chi connectivity index (χ0v) is 3.49. The Kier molecular flexibility index (Phi) is 0.675.